The average molecular weight is 288 g/mol. The Hall–Kier alpha value is -0.560. The molecule has 0 unspecified atom stereocenters. The van der Waals surface area contributed by atoms with Crippen molar-refractivity contribution in [2.75, 3.05) is 0 Å². The maximum atomic E-state index is 11.1. The van der Waals surface area contributed by atoms with Gasteiger partial charge in [0.25, 0.3) is 0 Å². The number of rotatable bonds is 4. The first kappa shape index (κ1) is 15.3. The normalized spacial score (nSPS) is 51.7. The zero-order valence-corrected chi connectivity index (χ0v) is 14.1. The molecule has 0 aromatic heterocycles. The second kappa shape index (κ2) is 4.72. The summed E-state index contributed by atoms with van der Waals surface area (Å²) in [7, 11) is 0. The summed E-state index contributed by atoms with van der Waals surface area (Å²) in [5.41, 5.74) is 1.50. The number of hydrogen-bond donors (Lipinski definition) is 1. The van der Waals surface area contributed by atoms with E-state index in [0.717, 1.165) is 36.7 Å². The molecule has 1 heteroatoms. The van der Waals surface area contributed by atoms with Gasteiger partial charge in [0, 0.05) is 0 Å². The van der Waals surface area contributed by atoms with Gasteiger partial charge < -0.3 is 5.11 Å². The number of aliphatic hydroxyl groups is 1. The standard InChI is InChI=1S/C20H32O/c1-6-14(2)7-8-17-18(3)11-9-15-13-19(15,4)16(18)10-12-20(17,5)21/h6,15-17,21H,1-2,7-13H2,3-5H3/t15-,16-,17+,18-,19+,20+/m0/s1. The van der Waals surface area contributed by atoms with E-state index < -0.39 is 5.60 Å². The highest BCUT2D eigenvalue weighted by Gasteiger charge is 2.67. The summed E-state index contributed by atoms with van der Waals surface area (Å²) in [6.45, 7) is 15.0. The van der Waals surface area contributed by atoms with E-state index in [1.54, 1.807) is 0 Å². The van der Waals surface area contributed by atoms with Crippen LogP contribution in [0.4, 0.5) is 0 Å². The van der Waals surface area contributed by atoms with E-state index in [1.807, 2.05) is 6.08 Å². The molecule has 0 bridgehead atoms. The van der Waals surface area contributed by atoms with Crippen molar-refractivity contribution in [3.05, 3.63) is 24.8 Å². The van der Waals surface area contributed by atoms with Gasteiger partial charge in [0.15, 0.2) is 0 Å². The summed E-state index contributed by atoms with van der Waals surface area (Å²) >= 11 is 0. The van der Waals surface area contributed by atoms with E-state index in [-0.39, 0.29) is 0 Å². The highest BCUT2D eigenvalue weighted by Crippen LogP contribution is 2.73. The smallest absolute Gasteiger partial charge is 0.0653 e. The first-order chi connectivity index (χ1) is 9.74. The molecule has 0 aromatic carbocycles. The molecule has 0 amide bonds. The predicted octanol–water partition coefficient (Wildman–Crippen LogP) is 5.11. The Balaban J connectivity index is 1.86. The Morgan fingerprint density at radius 1 is 1.19 bits per heavy atom. The van der Waals surface area contributed by atoms with Crippen LogP contribution in [0.5, 0.6) is 0 Å². The predicted molar refractivity (Wildman–Crippen MR) is 89.0 cm³/mol. The molecule has 3 fully saturated rings. The molecule has 118 valence electrons. The summed E-state index contributed by atoms with van der Waals surface area (Å²) in [6, 6.07) is 0. The zero-order chi connectivity index (χ0) is 15.5. The molecule has 0 radical (unpaired) electrons. The third-order valence-electron chi connectivity index (χ3n) is 7.61. The fourth-order valence-corrected chi connectivity index (χ4v) is 6.21. The average Bonchev–Trinajstić information content (AvgIpc) is 3.08. The largest absolute Gasteiger partial charge is 0.390 e. The summed E-state index contributed by atoms with van der Waals surface area (Å²) in [4.78, 5) is 0. The second-order valence-electron chi connectivity index (χ2n) is 8.85. The third-order valence-corrected chi connectivity index (χ3v) is 7.61. The van der Waals surface area contributed by atoms with Crippen LogP contribution in [-0.2, 0) is 0 Å². The minimum atomic E-state index is -0.509. The lowest BCUT2D eigenvalue weighted by Gasteiger charge is -2.58. The summed E-state index contributed by atoms with van der Waals surface area (Å²) < 4.78 is 0. The van der Waals surface area contributed by atoms with Crippen LogP contribution in [0.1, 0.15) is 65.7 Å². The van der Waals surface area contributed by atoms with Crippen molar-refractivity contribution >= 4 is 0 Å². The fraction of sp³-hybridized carbons (Fsp3) is 0.800. The lowest BCUT2D eigenvalue weighted by molar-refractivity contribution is -0.154. The lowest BCUT2D eigenvalue weighted by atomic mass is 9.48. The van der Waals surface area contributed by atoms with Crippen LogP contribution in [0.3, 0.4) is 0 Å². The van der Waals surface area contributed by atoms with Crippen LogP contribution in [0, 0.1) is 28.6 Å². The van der Waals surface area contributed by atoms with Crippen molar-refractivity contribution in [1.29, 1.82) is 0 Å². The Kier molecular flexibility index (Phi) is 3.44. The van der Waals surface area contributed by atoms with E-state index in [2.05, 4.69) is 33.9 Å². The highest BCUT2D eigenvalue weighted by atomic mass is 16.3. The van der Waals surface area contributed by atoms with E-state index in [9.17, 15) is 5.11 Å². The van der Waals surface area contributed by atoms with Crippen LogP contribution >= 0.6 is 0 Å². The maximum Gasteiger partial charge on any atom is 0.0653 e. The van der Waals surface area contributed by atoms with Gasteiger partial charge in [0.05, 0.1) is 5.60 Å². The van der Waals surface area contributed by atoms with Gasteiger partial charge in [-0.1, -0.05) is 38.7 Å². The first-order valence-corrected chi connectivity index (χ1v) is 8.76. The summed E-state index contributed by atoms with van der Waals surface area (Å²) in [5, 5.41) is 11.1. The molecule has 3 saturated carbocycles. The molecule has 0 aliphatic heterocycles. The highest BCUT2D eigenvalue weighted by molar-refractivity contribution is 5.17. The molecule has 3 rings (SSSR count). The Morgan fingerprint density at radius 3 is 2.57 bits per heavy atom. The van der Waals surface area contributed by atoms with E-state index in [1.165, 1.54) is 25.7 Å². The van der Waals surface area contributed by atoms with Crippen LogP contribution in [0.25, 0.3) is 0 Å². The third kappa shape index (κ3) is 2.23. The van der Waals surface area contributed by atoms with Gasteiger partial charge in [-0.25, -0.2) is 0 Å². The minimum Gasteiger partial charge on any atom is -0.390 e. The van der Waals surface area contributed by atoms with Crippen molar-refractivity contribution in [1.82, 2.24) is 0 Å². The van der Waals surface area contributed by atoms with Crippen molar-refractivity contribution in [3.8, 4) is 0 Å². The monoisotopic (exact) mass is 288 g/mol. The molecule has 1 N–H and O–H groups in total. The topological polar surface area (TPSA) is 20.2 Å². The molecule has 0 saturated heterocycles. The number of allylic oxidation sites excluding steroid dienone is 2. The van der Waals surface area contributed by atoms with Gasteiger partial charge in [-0.05, 0) is 80.5 Å². The quantitative estimate of drug-likeness (QED) is 0.712. The van der Waals surface area contributed by atoms with E-state index in [4.69, 9.17) is 0 Å². The van der Waals surface area contributed by atoms with Gasteiger partial charge in [0.2, 0.25) is 0 Å². The van der Waals surface area contributed by atoms with Crippen molar-refractivity contribution in [2.45, 2.75) is 71.3 Å². The van der Waals surface area contributed by atoms with Crippen molar-refractivity contribution in [2.24, 2.45) is 28.6 Å². The zero-order valence-electron chi connectivity index (χ0n) is 14.1. The van der Waals surface area contributed by atoms with Crippen molar-refractivity contribution in [3.63, 3.8) is 0 Å². The Morgan fingerprint density at radius 2 is 1.90 bits per heavy atom. The van der Waals surface area contributed by atoms with Gasteiger partial charge in [0.1, 0.15) is 0 Å². The molecule has 3 aliphatic rings. The molecule has 0 aromatic rings. The Labute approximate surface area is 130 Å². The van der Waals surface area contributed by atoms with Crippen LogP contribution in [0.2, 0.25) is 0 Å². The lowest BCUT2D eigenvalue weighted by Crippen LogP contribution is -2.55. The molecular formula is C20H32O. The van der Waals surface area contributed by atoms with Crippen LogP contribution in [-0.4, -0.2) is 10.7 Å². The summed E-state index contributed by atoms with van der Waals surface area (Å²) in [5.74, 6) is 2.19. The van der Waals surface area contributed by atoms with Gasteiger partial charge in [-0.2, -0.15) is 0 Å². The fourth-order valence-electron chi connectivity index (χ4n) is 6.21. The van der Waals surface area contributed by atoms with Crippen LogP contribution < -0.4 is 0 Å². The Bertz CT molecular complexity index is 462. The molecule has 6 atom stereocenters. The number of hydrogen-bond acceptors (Lipinski definition) is 1. The molecule has 3 aliphatic carbocycles. The van der Waals surface area contributed by atoms with Gasteiger partial charge in [-0.15, -0.1) is 0 Å². The van der Waals surface area contributed by atoms with E-state index >= 15 is 0 Å². The summed E-state index contributed by atoms with van der Waals surface area (Å²) in [6.07, 6.45) is 10.2. The number of fused-ring (bicyclic) bond motifs is 3. The molecule has 0 spiro atoms. The second-order valence-corrected chi connectivity index (χ2v) is 8.85. The molecule has 0 heterocycles. The van der Waals surface area contributed by atoms with Gasteiger partial charge in [-0.3, -0.25) is 0 Å². The molecule has 1 nitrogen and oxygen atoms in total. The van der Waals surface area contributed by atoms with E-state index in [0.29, 0.717) is 16.7 Å². The minimum absolute atomic E-state index is 0.310. The maximum absolute atomic E-state index is 11.1. The molecular weight excluding hydrogens is 256 g/mol. The first-order valence-electron chi connectivity index (χ1n) is 8.76. The SMILES string of the molecule is C=CC(=C)CC[C@@H]1[C@@]2(C)CC[C@H]3C[C@@]3(C)[C@H]2CC[C@@]1(C)O. The molecule has 21 heavy (non-hydrogen) atoms. The van der Waals surface area contributed by atoms with Gasteiger partial charge >= 0.3 is 0 Å². The van der Waals surface area contributed by atoms with Crippen LogP contribution in [0.15, 0.2) is 24.8 Å². The van der Waals surface area contributed by atoms with Crippen molar-refractivity contribution < 1.29 is 5.11 Å².